The van der Waals surface area contributed by atoms with Crippen LogP contribution < -0.4 is 10.1 Å². The number of hydrogen-bond donors (Lipinski definition) is 1. The van der Waals surface area contributed by atoms with Gasteiger partial charge in [-0.15, -0.1) is 0 Å². The molecule has 7 nitrogen and oxygen atoms in total. The molecule has 20 heavy (non-hydrogen) atoms. The van der Waals surface area contributed by atoms with E-state index in [-0.39, 0.29) is 23.1 Å². The van der Waals surface area contributed by atoms with Gasteiger partial charge >= 0.3 is 0 Å². The molecule has 0 spiro atoms. The predicted octanol–water partition coefficient (Wildman–Crippen LogP) is 1.45. The average molecular weight is 300 g/mol. The van der Waals surface area contributed by atoms with Crippen molar-refractivity contribution < 1.29 is 18.1 Å². The van der Waals surface area contributed by atoms with Gasteiger partial charge in [0.1, 0.15) is 11.4 Å². The minimum atomic E-state index is -2.94. The highest BCUT2D eigenvalue weighted by atomic mass is 32.2. The Morgan fingerprint density at radius 3 is 2.80 bits per heavy atom. The standard InChI is InChI=1S/C12H16N2O5S/c1-19-10-2-3-12(14(15)16)11(6-10)13-7-9-4-5-20(17,18)8-9/h2-3,6,9,13H,4-5,7-8H2,1H3. The second-order valence-corrected chi connectivity index (χ2v) is 7.02. The van der Waals surface area contributed by atoms with Crippen molar-refractivity contribution in [2.45, 2.75) is 6.42 Å². The molecule has 0 radical (unpaired) electrons. The van der Waals surface area contributed by atoms with E-state index in [1.165, 1.54) is 19.2 Å². The fourth-order valence-corrected chi connectivity index (χ4v) is 4.09. The van der Waals surface area contributed by atoms with E-state index in [2.05, 4.69) is 5.32 Å². The van der Waals surface area contributed by atoms with Gasteiger partial charge in [-0.25, -0.2) is 8.42 Å². The van der Waals surface area contributed by atoms with Crippen LogP contribution in [0.2, 0.25) is 0 Å². The highest BCUT2D eigenvalue weighted by Crippen LogP contribution is 2.29. The number of anilines is 1. The molecule has 1 aromatic carbocycles. The third-order valence-electron chi connectivity index (χ3n) is 3.31. The molecule has 1 atom stereocenters. The van der Waals surface area contributed by atoms with E-state index in [4.69, 9.17) is 4.74 Å². The second kappa shape index (κ2) is 5.66. The molecule has 2 rings (SSSR count). The summed E-state index contributed by atoms with van der Waals surface area (Å²) in [5.74, 6) is 0.833. The van der Waals surface area contributed by atoms with Gasteiger partial charge in [0.05, 0.1) is 23.5 Å². The average Bonchev–Trinajstić information content (AvgIpc) is 2.75. The van der Waals surface area contributed by atoms with Crippen molar-refractivity contribution in [1.29, 1.82) is 0 Å². The van der Waals surface area contributed by atoms with E-state index in [0.29, 0.717) is 24.4 Å². The molecule has 1 fully saturated rings. The molecule has 1 N–H and O–H groups in total. The van der Waals surface area contributed by atoms with Crippen molar-refractivity contribution in [1.82, 2.24) is 0 Å². The molecule has 0 aromatic heterocycles. The molecule has 110 valence electrons. The van der Waals surface area contributed by atoms with Crippen molar-refractivity contribution in [3.05, 3.63) is 28.3 Å². The number of nitro benzene ring substituents is 1. The van der Waals surface area contributed by atoms with Crippen LogP contribution in [0.1, 0.15) is 6.42 Å². The van der Waals surface area contributed by atoms with Crippen molar-refractivity contribution >= 4 is 21.2 Å². The van der Waals surface area contributed by atoms with Gasteiger partial charge in [0.2, 0.25) is 0 Å². The van der Waals surface area contributed by atoms with Crippen LogP contribution >= 0.6 is 0 Å². The number of nitro groups is 1. The Kier molecular flexibility index (Phi) is 4.12. The first-order valence-electron chi connectivity index (χ1n) is 6.18. The number of ether oxygens (including phenoxy) is 1. The van der Waals surface area contributed by atoms with Gasteiger partial charge in [-0.1, -0.05) is 0 Å². The highest BCUT2D eigenvalue weighted by molar-refractivity contribution is 7.91. The first kappa shape index (κ1) is 14.6. The molecule has 1 heterocycles. The van der Waals surface area contributed by atoms with E-state index >= 15 is 0 Å². The van der Waals surface area contributed by atoms with Gasteiger partial charge in [-0.05, 0) is 18.4 Å². The number of benzene rings is 1. The maximum Gasteiger partial charge on any atom is 0.292 e. The van der Waals surface area contributed by atoms with Crippen LogP contribution in [0.25, 0.3) is 0 Å². The SMILES string of the molecule is COc1ccc([N+](=O)[O-])c(NCC2CCS(=O)(=O)C2)c1. The fourth-order valence-electron chi connectivity index (χ4n) is 2.23. The van der Waals surface area contributed by atoms with Gasteiger partial charge in [0, 0.05) is 18.7 Å². The number of rotatable bonds is 5. The van der Waals surface area contributed by atoms with Crippen LogP contribution in [0.4, 0.5) is 11.4 Å². The van der Waals surface area contributed by atoms with E-state index in [0.717, 1.165) is 0 Å². The summed E-state index contributed by atoms with van der Waals surface area (Å²) < 4.78 is 27.8. The molecule has 8 heteroatoms. The zero-order valence-corrected chi connectivity index (χ0v) is 11.9. The van der Waals surface area contributed by atoms with Gasteiger partial charge in [0.15, 0.2) is 9.84 Å². The summed E-state index contributed by atoms with van der Waals surface area (Å²) in [6, 6.07) is 4.43. The first-order valence-corrected chi connectivity index (χ1v) is 8.00. The third-order valence-corrected chi connectivity index (χ3v) is 5.15. The highest BCUT2D eigenvalue weighted by Gasteiger charge is 2.28. The minimum Gasteiger partial charge on any atom is -0.497 e. The maximum absolute atomic E-state index is 11.4. The lowest BCUT2D eigenvalue weighted by Crippen LogP contribution is -2.16. The van der Waals surface area contributed by atoms with Crippen LogP contribution in [-0.2, 0) is 9.84 Å². The van der Waals surface area contributed by atoms with Crippen LogP contribution in [0.15, 0.2) is 18.2 Å². The lowest BCUT2D eigenvalue weighted by atomic mass is 10.1. The Morgan fingerprint density at radius 1 is 1.50 bits per heavy atom. The number of nitrogens with zero attached hydrogens (tertiary/aromatic N) is 1. The molecule has 0 saturated carbocycles. The first-order chi connectivity index (χ1) is 9.41. The van der Waals surface area contributed by atoms with Crippen molar-refractivity contribution in [3.8, 4) is 5.75 Å². The van der Waals surface area contributed by atoms with E-state index in [1.807, 2.05) is 0 Å². The Labute approximate surface area is 117 Å². The Hall–Kier alpha value is -1.83. The minimum absolute atomic E-state index is 0.00851. The van der Waals surface area contributed by atoms with Gasteiger partial charge in [-0.2, -0.15) is 0 Å². The Morgan fingerprint density at radius 2 is 2.25 bits per heavy atom. The summed E-state index contributed by atoms with van der Waals surface area (Å²) in [6.45, 7) is 0.396. The lowest BCUT2D eigenvalue weighted by molar-refractivity contribution is -0.384. The summed E-state index contributed by atoms with van der Waals surface area (Å²) in [5, 5.41) is 13.9. The van der Waals surface area contributed by atoms with E-state index in [1.54, 1.807) is 6.07 Å². The van der Waals surface area contributed by atoms with Crippen molar-refractivity contribution in [2.24, 2.45) is 5.92 Å². The van der Waals surface area contributed by atoms with Crippen LogP contribution in [0, 0.1) is 16.0 Å². The molecular formula is C12H16N2O5S. The molecule has 1 aliphatic rings. The van der Waals surface area contributed by atoms with Crippen LogP contribution in [-0.4, -0.2) is 38.5 Å². The maximum atomic E-state index is 11.4. The molecular weight excluding hydrogens is 284 g/mol. The molecule has 1 unspecified atom stereocenters. The predicted molar refractivity (Wildman–Crippen MR) is 74.9 cm³/mol. The molecule has 0 amide bonds. The molecule has 0 bridgehead atoms. The molecule has 1 aromatic rings. The largest absolute Gasteiger partial charge is 0.497 e. The normalized spacial score (nSPS) is 20.6. The van der Waals surface area contributed by atoms with Crippen molar-refractivity contribution in [2.75, 3.05) is 30.5 Å². The zero-order valence-electron chi connectivity index (χ0n) is 11.0. The lowest BCUT2D eigenvalue weighted by Gasteiger charge is -2.12. The zero-order chi connectivity index (χ0) is 14.8. The van der Waals surface area contributed by atoms with Gasteiger partial charge < -0.3 is 10.1 Å². The number of nitrogens with one attached hydrogen (secondary N) is 1. The topological polar surface area (TPSA) is 98.5 Å². The van der Waals surface area contributed by atoms with Crippen LogP contribution in [0.3, 0.4) is 0 Å². The third kappa shape index (κ3) is 3.38. The summed E-state index contributed by atoms with van der Waals surface area (Å²) in [7, 11) is -1.46. The fraction of sp³-hybridized carbons (Fsp3) is 0.500. The summed E-state index contributed by atoms with van der Waals surface area (Å²) >= 11 is 0. The summed E-state index contributed by atoms with van der Waals surface area (Å²) in [5.41, 5.74) is 0.297. The molecule has 1 aliphatic heterocycles. The number of sulfone groups is 1. The van der Waals surface area contributed by atoms with E-state index in [9.17, 15) is 18.5 Å². The summed E-state index contributed by atoms with van der Waals surface area (Å²) in [6.07, 6.45) is 0.590. The van der Waals surface area contributed by atoms with Crippen molar-refractivity contribution in [3.63, 3.8) is 0 Å². The Balaban J connectivity index is 2.10. The van der Waals surface area contributed by atoms with Gasteiger partial charge in [-0.3, -0.25) is 10.1 Å². The number of hydrogen-bond acceptors (Lipinski definition) is 6. The second-order valence-electron chi connectivity index (χ2n) is 4.79. The molecule has 1 saturated heterocycles. The molecule has 0 aliphatic carbocycles. The van der Waals surface area contributed by atoms with E-state index < -0.39 is 14.8 Å². The van der Waals surface area contributed by atoms with Crippen LogP contribution in [0.5, 0.6) is 5.75 Å². The summed E-state index contributed by atoms with van der Waals surface area (Å²) in [4.78, 5) is 10.5. The monoisotopic (exact) mass is 300 g/mol. The quantitative estimate of drug-likeness (QED) is 0.652. The number of methoxy groups -OCH3 is 1. The Bertz CT molecular complexity index is 614. The smallest absolute Gasteiger partial charge is 0.292 e. The van der Waals surface area contributed by atoms with Gasteiger partial charge in [0.25, 0.3) is 5.69 Å².